The van der Waals surface area contributed by atoms with E-state index in [4.69, 9.17) is 4.52 Å². The van der Waals surface area contributed by atoms with Crippen LogP contribution in [0, 0.1) is 6.92 Å². The van der Waals surface area contributed by atoms with E-state index in [0.717, 1.165) is 38.3 Å². The molecule has 1 aromatic rings. The largest absolute Gasteiger partial charge is 0.338 e. The fourth-order valence-corrected chi connectivity index (χ4v) is 1.86. The Morgan fingerprint density at radius 2 is 2.47 bits per heavy atom. The predicted molar refractivity (Wildman–Crippen MR) is 63.8 cm³/mol. The highest BCUT2D eigenvalue weighted by Crippen LogP contribution is 2.08. The van der Waals surface area contributed by atoms with E-state index >= 15 is 0 Å². The van der Waals surface area contributed by atoms with E-state index in [0.29, 0.717) is 12.4 Å². The van der Waals surface area contributed by atoms with E-state index in [1.807, 2.05) is 6.92 Å². The molecule has 94 valence electrons. The van der Waals surface area contributed by atoms with Gasteiger partial charge >= 0.3 is 0 Å². The van der Waals surface area contributed by atoms with Crippen molar-refractivity contribution >= 4 is 11.8 Å². The lowest BCUT2D eigenvalue weighted by Gasteiger charge is -2.17. The molecule has 1 aliphatic rings. The zero-order valence-corrected chi connectivity index (χ0v) is 10.0. The standard InChI is InChI=1S/C11H18N4O2/c1-9-7-11(17-14-9)13-10(16)8-15-5-2-3-12-4-6-15/h7,12H,2-6,8H2,1H3,(H,13,16). The number of aryl methyl sites for hydroxylation is 1. The van der Waals surface area contributed by atoms with Crippen molar-refractivity contribution < 1.29 is 9.32 Å². The number of carbonyl (C=O) groups excluding carboxylic acids is 1. The van der Waals surface area contributed by atoms with Gasteiger partial charge in [0.1, 0.15) is 0 Å². The average Bonchev–Trinajstić information content (AvgIpc) is 2.53. The van der Waals surface area contributed by atoms with Gasteiger partial charge in [0.05, 0.1) is 12.2 Å². The summed E-state index contributed by atoms with van der Waals surface area (Å²) in [6.45, 7) is 6.05. The molecule has 6 nitrogen and oxygen atoms in total. The Balaban J connectivity index is 1.80. The predicted octanol–water partition coefficient (Wildman–Crippen LogP) is 0.217. The van der Waals surface area contributed by atoms with Crippen molar-refractivity contribution in [1.82, 2.24) is 15.4 Å². The second-order valence-electron chi connectivity index (χ2n) is 4.26. The van der Waals surface area contributed by atoms with Crippen molar-refractivity contribution in [2.45, 2.75) is 13.3 Å². The van der Waals surface area contributed by atoms with Gasteiger partial charge in [-0.1, -0.05) is 5.16 Å². The third-order valence-electron chi connectivity index (χ3n) is 2.69. The molecule has 1 fully saturated rings. The van der Waals surface area contributed by atoms with Crippen LogP contribution < -0.4 is 10.6 Å². The molecule has 1 aliphatic heterocycles. The molecule has 6 heteroatoms. The fourth-order valence-electron chi connectivity index (χ4n) is 1.86. The first kappa shape index (κ1) is 12.1. The van der Waals surface area contributed by atoms with Crippen molar-refractivity contribution in [3.8, 4) is 0 Å². The molecule has 0 spiro atoms. The Bertz CT molecular complexity index is 369. The Morgan fingerprint density at radius 1 is 1.59 bits per heavy atom. The number of aromatic nitrogens is 1. The van der Waals surface area contributed by atoms with Crippen LogP contribution in [0.25, 0.3) is 0 Å². The molecule has 17 heavy (non-hydrogen) atoms. The Labute approximate surface area is 100 Å². The van der Waals surface area contributed by atoms with Crippen LogP contribution in [-0.4, -0.2) is 48.7 Å². The number of hydrogen-bond donors (Lipinski definition) is 2. The average molecular weight is 238 g/mol. The normalized spacial score (nSPS) is 17.7. The van der Waals surface area contributed by atoms with Gasteiger partial charge in [0.25, 0.3) is 0 Å². The molecule has 0 atom stereocenters. The lowest BCUT2D eigenvalue weighted by molar-refractivity contribution is -0.117. The SMILES string of the molecule is Cc1cc(NC(=O)CN2CCCNCC2)on1. The molecule has 1 aromatic heterocycles. The Hall–Kier alpha value is -1.40. The minimum absolute atomic E-state index is 0.0527. The molecule has 2 rings (SSSR count). The van der Waals surface area contributed by atoms with Gasteiger partial charge in [-0.2, -0.15) is 0 Å². The summed E-state index contributed by atoms with van der Waals surface area (Å²) in [6, 6.07) is 1.71. The third kappa shape index (κ3) is 3.83. The third-order valence-corrected chi connectivity index (χ3v) is 2.69. The summed E-state index contributed by atoms with van der Waals surface area (Å²) >= 11 is 0. The molecule has 1 saturated heterocycles. The lowest BCUT2D eigenvalue weighted by Crippen LogP contribution is -2.35. The van der Waals surface area contributed by atoms with Gasteiger partial charge in [0.15, 0.2) is 0 Å². The minimum Gasteiger partial charge on any atom is -0.338 e. The molecular weight excluding hydrogens is 220 g/mol. The van der Waals surface area contributed by atoms with Crippen LogP contribution in [0.15, 0.2) is 10.6 Å². The first-order valence-electron chi connectivity index (χ1n) is 5.90. The van der Waals surface area contributed by atoms with Gasteiger partial charge in [-0.15, -0.1) is 0 Å². The second-order valence-corrected chi connectivity index (χ2v) is 4.26. The maximum Gasteiger partial charge on any atom is 0.240 e. The van der Waals surface area contributed by atoms with Gasteiger partial charge in [0.2, 0.25) is 11.8 Å². The van der Waals surface area contributed by atoms with Gasteiger partial charge in [0, 0.05) is 19.2 Å². The topological polar surface area (TPSA) is 70.4 Å². The maximum atomic E-state index is 11.7. The highest BCUT2D eigenvalue weighted by Gasteiger charge is 2.13. The molecule has 0 aromatic carbocycles. The summed E-state index contributed by atoms with van der Waals surface area (Å²) < 4.78 is 4.94. The second kappa shape index (κ2) is 5.79. The summed E-state index contributed by atoms with van der Waals surface area (Å²) in [4.78, 5) is 13.9. The molecule has 2 heterocycles. The van der Waals surface area contributed by atoms with Crippen LogP contribution in [0.2, 0.25) is 0 Å². The Kier molecular flexibility index (Phi) is 4.11. The van der Waals surface area contributed by atoms with E-state index in [-0.39, 0.29) is 5.91 Å². The molecule has 0 saturated carbocycles. The van der Waals surface area contributed by atoms with Gasteiger partial charge in [-0.3, -0.25) is 15.0 Å². The maximum absolute atomic E-state index is 11.7. The number of amides is 1. The van der Waals surface area contributed by atoms with Gasteiger partial charge in [-0.05, 0) is 26.4 Å². The van der Waals surface area contributed by atoms with Crippen LogP contribution >= 0.6 is 0 Å². The summed E-state index contributed by atoms with van der Waals surface area (Å²) in [7, 11) is 0. The van der Waals surface area contributed by atoms with Crippen LogP contribution in [0.1, 0.15) is 12.1 Å². The van der Waals surface area contributed by atoms with E-state index in [9.17, 15) is 4.79 Å². The molecular formula is C11H18N4O2. The molecule has 0 radical (unpaired) electrons. The van der Waals surface area contributed by atoms with Crippen molar-refractivity contribution in [3.63, 3.8) is 0 Å². The van der Waals surface area contributed by atoms with E-state index < -0.39 is 0 Å². The van der Waals surface area contributed by atoms with E-state index in [1.165, 1.54) is 0 Å². The zero-order valence-electron chi connectivity index (χ0n) is 10.0. The molecule has 0 unspecified atom stereocenters. The molecule has 1 amide bonds. The molecule has 2 N–H and O–H groups in total. The zero-order chi connectivity index (χ0) is 12.1. The monoisotopic (exact) mass is 238 g/mol. The summed E-state index contributed by atoms with van der Waals surface area (Å²) in [5.41, 5.74) is 0.763. The summed E-state index contributed by atoms with van der Waals surface area (Å²) in [5.74, 6) is 0.364. The van der Waals surface area contributed by atoms with Crippen LogP contribution in [-0.2, 0) is 4.79 Å². The number of anilines is 1. The van der Waals surface area contributed by atoms with Crippen LogP contribution in [0.3, 0.4) is 0 Å². The first-order chi connectivity index (χ1) is 8.24. The molecule has 0 aliphatic carbocycles. The van der Waals surface area contributed by atoms with Crippen LogP contribution in [0.4, 0.5) is 5.88 Å². The smallest absolute Gasteiger partial charge is 0.240 e. The number of nitrogens with zero attached hydrogens (tertiary/aromatic N) is 2. The Morgan fingerprint density at radius 3 is 3.24 bits per heavy atom. The highest BCUT2D eigenvalue weighted by atomic mass is 16.5. The van der Waals surface area contributed by atoms with E-state index in [2.05, 4.69) is 20.7 Å². The van der Waals surface area contributed by atoms with E-state index in [1.54, 1.807) is 6.07 Å². The lowest BCUT2D eigenvalue weighted by atomic mass is 10.4. The van der Waals surface area contributed by atoms with Crippen molar-refractivity contribution in [2.24, 2.45) is 0 Å². The van der Waals surface area contributed by atoms with Crippen molar-refractivity contribution in [1.29, 1.82) is 0 Å². The van der Waals surface area contributed by atoms with Gasteiger partial charge < -0.3 is 9.84 Å². The van der Waals surface area contributed by atoms with Crippen molar-refractivity contribution in [2.75, 3.05) is 38.0 Å². The number of hydrogen-bond acceptors (Lipinski definition) is 5. The fraction of sp³-hybridized carbons (Fsp3) is 0.636. The molecule has 0 bridgehead atoms. The van der Waals surface area contributed by atoms with Gasteiger partial charge in [-0.25, -0.2) is 0 Å². The quantitative estimate of drug-likeness (QED) is 0.788. The number of rotatable bonds is 3. The number of carbonyl (C=O) groups is 1. The number of nitrogens with one attached hydrogen (secondary N) is 2. The summed E-state index contributed by atoms with van der Waals surface area (Å²) in [5, 5.41) is 9.72. The summed E-state index contributed by atoms with van der Waals surface area (Å²) in [6.07, 6.45) is 1.08. The highest BCUT2D eigenvalue weighted by molar-refractivity contribution is 5.90. The minimum atomic E-state index is -0.0527. The van der Waals surface area contributed by atoms with Crippen molar-refractivity contribution in [3.05, 3.63) is 11.8 Å². The van der Waals surface area contributed by atoms with Crippen LogP contribution in [0.5, 0.6) is 0 Å². The first-order valence-corrected chi connectivity index (χ1v) is 5.90.